The molecule has 0 bridgehead atoms. The van der Waals surface area contributed by atoms with E-state index in [4.69, 9.17) is 9.40 Å². The number of benzene rings is 2. The second-order valence-electron chi connectivity index (χ2n) is 7.90. The highest BCUT2D eigenvalue weighted by atomic mass is 79.9. The predicted molar refractivity (Wildman–Crippen MR) is 132 cm³/mol. The molecular formula is C25H22BrN3O2S. The van der Waals surface area contributed by atoms with Crippen molar-refractivity contribution in [1.29, 1.82) is 0 Å². The first kappa shape index (κ1) is 21.2. The molecule has 5 nitrogen and oxygen atoms in total. The van der Waals surface area contributed by atoms with Gasteiger partial charge in [-0.25, -0.2) is 4.98 Å². The zero-order chi connectivity index (χ0) is 21.9. The number of hydrogen-bond donors (Lipinski definition) is 0. The molecular weight excluding hydrogens is 486 g/mol. The first-order valence-electron chi connectivity index (χ1n) is 10.8. The summed E-state index contributed by atoms with van der Waals surface area (Å²) in [6.45, 7) is 0. The maximum absolute atomic E-state index is 13.4. The van der Waals surface area contributed by atoms with Gasteiger partial charge in [0, 0.05) is 15.3 Å². The molecule has 4 aromatic rings. The van der Waals surface area contributed by atoms with Gasteiger partial charge < -0.3 is 4.42 Å². The van der Waals surface area contributed by atoms with Gasteiger partial charge in [-0.3, -0.25) is 4.79 Å². The highest BCUT2D eigenvalue weighted by Gasteiger charge is 2.22. The van der Waals surface area contributed by atoms with E-state index in [1.807, 2.05) is 60.7 Å². The van der Waals surface area contributed by atoms with Crippen LogP contribution in [-0.2, 0) is 0 Å². The summed E-state index contributed by atoms with van der Waals surface area (Å²) >= 11 is 5.01. The fourth-order valence-corrected chi connectivity index (χ4v) is 5.24. The summed E-state index contributed by atoms with van der Waals surface area (Å²) in [5.74, 6) is 1.58. The van der Waals surface area contributed by atoms with Crippen molar-refractivity contribution in [2.75, 3.05) is 0 Å². The zero-order valence-electron chi connectivity index (χ0n) is 17.4. The van der Waals surface area contributed by atoms with Crippen LogP contribution in [0.3, 0.4) is 0 Å². The molecule has 162 valence electrons. The minimum absolute atomic E-state index is 0.154. The summed E-state index contributed by atoms with van der Waals surface area (Å²) in [5.41, 5.74) is 0.559. The number of aromatic nitrogens is 2. The van der Waals surface area contributed by atoms with Crippen LogP contribution in [0.1, 0.15) is 49.6 Å². The maximum Gasteiger partial charge on any atom is 0.282 e. The quantitative estimate of drug-likeness (QED) is 0.277. The lowest BCUT2D eigenvalue weighted by molar-refractivity contribution is 0.416. The molecule has 2 aromatic carbocycles. The zero-order valence-corrected chi connectivity index (χ0v) is 19.8. The highest BCUT2D eigenvalue weighted by molar-refractivity contribution is 9.10. The number of nitrogens with zero attached hydrogens (tertiary/aromatic N) is 3. The molecule has 7 heteroatoms. The Morgan fingerprint density at radius 2 is 1.88 bits per heavy atom. The van der Waals surface area contributed by atoms with Gasteiger partial charge in [0.2, 0.25) is 0 Å². The Morgan fingerprint density at radius 1 is 1.06 bits per heavy atom. The van der Waals surface area contributed by atoms with Crippen molar-refractivity contribution in [2.24, 2.45) is 5.10 Å². The minimum Gasteiger partial charge on any atom is -0.448 e. The second-order valence-corrected chi connectivity index (χ2v) is 9.89. The van der Waals surface area contributed by atoms with E-state index in [0.29, 0.717) is 16.7 Å². The molecule has 1 saturated carbocycles. The van der Waals surface area contributed by atoms with E-state index in [0.717, 1.165) is 46.0 Å². The lowest BCUT2D eigenvalue weighted by Gasteiger charge is -2.22. The van der Waals surface area contributed by atoms with Gasteiger partial charge in [0.25, 0.3) is 5.56 Å². The molecule has 0 N–H and O–H groups in total. The molecule has 0 aliphatic heterocycles. The Morgan fingerprint density at radius 3 is 2.69 bits per heavy atom. The molecule has 5 rings (SSSR count). The largest absolute Gasteiger partial charge is 0.448 e. The van der Waals surface area contributed by atoms with Crippen LogP contribution in [0.5, 0.6) is 0 Å². The van der Waals surface area contributed by atoms with E-state index in [1.165, 1.54) is 11.1 Å². The highest BCUT2D eigenvalue weighted by Crippen LogP contribution is 2.32. The van der Waals surface area contributed by atoms with Gasteiger partial charge in [0.05, 0.1) is 17.1 Å². The van der Waals surface area contributed by atoms with Crippen molar-refractivity contribution in [2.45, 2.75) is 48.0 Å². The van der Waals surface area contributed by atoms with E-state index in [2.05, 4.69) is 21.0 Å². The maximum atomic E-state index is 13.4. The molecule has 0 atom stereocenters. The molecule has 0 saturated heterocycles. The molecule has 1 aliphatic carbocycles. The molecule has 0 amide bonds. The van der Waals surface area contributed by atoms with Crippen molar-refractivity contribution in [1.82, 2.24) is 9.66 Å². The monoisotopic (exact) mass is 507 g/mol. The van der Waals surface area contributed by atoms with E-state index < -0.39 is 0 Å². The van der Waals surface area contributed by atoms with Crippen LogP contribution in [0, 0.1) is 0 Å². The van der Waals surface area contributed by atoms with Crippen molar-refractivity contribution in [3.63, 3.8) is 0 Å². The molecule has 2 heterocycles. The third-order valence-corrected chi connectivity index (χ3v) is 7.09. The van der Waals surface area contributed by atoms with Crippen LogP contribution in [-0.4, -0.2) is 15.9 Å². The molecule has 1 aliphatic rings. The van der Waals surface area contributed by atoms with Gasteiger partial charge in [0.15, 0.2) is 5.09 Å². The van der Waals surface area contributed by atoms with E-state index in [1.54, 1.807) is 18.0 Å². The SMILES string of the molecule is O=c1c2cc(Br)ccc2nc(C2CCCCC2)n1N=Cc1ccc(Sc2ccccc2)o1. The van der Waals surface area contributed by atoms with Gasteiger partial charge in [-0.05, 0) is 55.3 Å². The fourth-order valence-electron chi connectivity index (χ4n) is 4.08. The molecule has 2 aromatic heterocycles. The summed E-state index contributed by atoms with van der Waals surface area (Å²) in [4.78, 5) is 19.3. The third-order valence-electron chi connectivity index (χ3n) is 5.67. The van der Waals surface area contributed by atoms with Crippen LogP contribution < -0.4 is 5.56 Å². The first-order valence-corrected chi connectivity index (χ1v) is 12.4. The number of hydrogen-bond acceptors (Lipinski definition) is 5. The van der Waals surface area contributed by atoms with Crippen LogP contribution in [0.2, 0.25) is 0 Å². The average molecular weight is 508 g/mol. The summed E-state index contributed by atoms with van der Waals surface area (Å²) in [6.07, 6.45) is 7.21. The third kappa shape index (κ3) is 4.59. The fraction of sp³-hybridized carbons (Fsp3) is 0.240. The summed E-state index contributed by atoms with van der Waals surface area (Å²) in [7, 11) is 0. The smallest absolute Gasteiger partial charge is 0.282 e. The summed E-state index contributed by atoms with van der Waals surface area (Å²) in [6, 6.07) is 19.5. The van der Waals surface area contributed by atoms with Crippen molar-refractivity contribution >= 4 is 44.8 Å². The first-order chi connectivity index (χ1) is 15.7. The number of fused-ring (bicyclic) bond motifs is 1. The Labute approximate surface area is 198 Å². The van der Waals surface area contributed by atoms with E-state index in [9.17, 15) is 4.79 Å². The van der Waals surface area contributed by atoms with Crippen molar-refractivity contribution < 1.29 is 4.42 Å². The van der Waals surface area contributed by atoms with E-state index >= 15 is 0 Å². The minimum atomic E-state index is -0.154. The Bertz CT molecular complexity index is 1320. The van der Waals surface area contributed by atoms with Gasteiger partial charge in [-0.15, -0.1) is 0 Å². The van der Waals surface area contributed by atoms with Crippen LogP contribution in [0.15, 0.2) is 89.4 Å². The van der Waals surface area contributed by atoms with Gasteiger partial charge in [-0.1, -0.05) is 65.2 Å². The Kier molecular flexibility index (Phi) is 6.28. The van der Waals surface area contributed by atoms with Crippen LogP contribution >= 0.6 is 27.7 Å². The molecule has 32 heavy (non-hydrogen) atoms. The van der Waals surface area contributed by atoms with Crippen molar-refractivity contribution in [3.8, 4) is 0 Å². The normalized spacial score (nSPS) is 15.0. The Balaban J connectivity index is 1.50. The van der Waals surface area contributed by atoms with E-state index in [-0.39, 0.29) is 11.5 Å². The van der Waals surface area contributed by atoms with Gasteiger partial charge >= 0.3 is 0 Å². The lowest BCUT2D eigenvalue weighted by Crippen LogP contribution is -2.25. The van der Waals surface area contributed by atoms with Crippen LogP contribution in [0.4, 0.5) is 0 Å². The Hall–Kier alpha value is -2.64. The predicted octanol–water partition coefficient (Wildman–Crippen LogP) is 6.83. The lowest BCUT2D eigenvalue weighted by atomic mass is 9.88. The van der Waals surface area contributed by atoms with Crippen molar-refractivity contribution in [3.05, 3.63) is 87.1 Å². The molecule has 0 unspecified atom stereocenters. The summed E-state index contributed by atoms with van der Waals surface area (Å²) < 4.78 is 8.23. The molecule has 1 fully saturated rings. The number of halogens is 1. The van der Waals surface area contributed by atoms with Gasteiger partial charge in [-0.2, -0.15) is 9.78 Å². The number of furan rings is 1. The second kappa shape index (κ2) is 9.46. The molecule has 0 radical (unpaired) electrons. The standard InChI is InChI=1S/C25H22BrN3O2S/c26-18-11-13-22-21(15-18)25(30)29(24(28-22)17-7-3-1-4-8-17)27-16-19-12-14-23(31-19)32-20-9-5-2-6-10-20/h2,5-6,9-17H,1,3-4,7-8H2. The molecule has 0 spiro atoms. The topological polar surface area (TPSA) is 60.4 Å². The average Bonchev–Trinajstić information content (AvgIpc) is 3.27. The summed E-state index contributed by atoms with van der Waals surface area (Å²) in [5, 5.41) is 5.88. The van der Waals surface area contributed by atoms with Gasteiger partial charge in [0.1, 0.15) is 11.6 Å². The number of rotatable bonds is 5. The van der Waals surface area contributed by atoms with Crippen LogP contribution in [0.25, 0.3) is 10.9 Å².